The lowest BCUT2D eigenvalue weighted by molar-refractivity contribution is -0.330. The molecule has 0 bridgehead atoms. The quantitative estimate of drug-likeness (QED) is 0.236. The van der Waals surface area contributed by atoms with Crippen LogP contribution in [0.2, 0.25) is 18.1 Å². The standard InChI is InChI=1S/C22H42O11Si/c1-19(2,3)34(8,9)33-18-22(25,12-29-14-27-7)21(24,11-28-13-26-6)17(23)16(31-18)15-10-30-20(4,5)32-15/h15-16,18,24-25H,10-14H2,1-9H3/t15-,16-,18-,21+,22-/m0/s1. The molecule has 0 amide bonds. The molecule has 2 N–H and O–H groups in total. The molecule has 0 aromatic rings. The second kappa shape index (κ2) is 10.8. The zero-order valence-electron chi connectivity index (χ0n) is 21.8. The van der Waals surface area contributed by atoms with Gasteiger partial charge in [-0.15, -0.1) is 0 Å². The van der Waals surface area contributed by atoms with Gasteiger partial charge in [-0.1, -0.05) is 20.8 Å². The second-order valence-electron chi connectivity index (χ2n) is 10.8. The largest absolute Gasteiger partial charge is 0.390 e. The van der Waals surface area contributed by atoms with Gasteiger partial charge in [0.1, 0.15) is 19.7 Å². The normalized spacial score (nSPS) is 34.6. The minimum absolute atomic E-state index is 0.0594. The number of carbonyl (C=O) groups is 1. The molecule has 2 aliphatic heterocycles. The van der Waals surface area contributed by atoms with Crippen LogP contribution in [0.15, 0.2) is 0 Å². The van der Waals surface area contributed by atoms with Crippen molar-refractivity contribution in [3.63, 3.8) is 0 Å². The lowest BCUT2D eigenvalue weighted by Gasteiger charge is -2.54. The van der Waals surface area contributed by atoms with E-state index >= 15 is 0 Å². The van der Waals surface area contributed by atoms with Crippen LogP contribution in [0.25, 0.3) is 0 Å². The van der Waals surface area contributed by atoms with Crippen LogP contribution in [0.5, 0.6) is 0 Å². The van der Waals surface area contributed by atoms with Gasteiger partial charge >= 0.3 is 0 Å². The van der Waals surface area contributed by atoms with Gasteiger partial charge in [0.05, 0.1) is 19.8 Å². The van der Waals surface area contributed by atoms with E-state index in [1.165, 1.54) is 14.2 Å². The Labute approximate surface area is 203 Å². The van der Waals surface area contributed by atoms with Gasteiger partial charge in [-0.3, -0.25) is 4.79 Å². The molecular formula is C22H42O11Si. The molecule has 0 aromatic carbocycles. The minimum Gasteiger partial charge on any atom is -0.390 e. The molecule has 11 nitrogen and oxygen atoms in total. The maximum atomic E-state index is 13.7. The minimum atomic E-state index is -2.58. The zero-order valence-corrected chi connectivity index (χ0v) is 22.8. The number of ether oxygens (including phenoxy) is 7. The SMILES string of the molecule is COCOC[C@@]1(O)C(=O)[C@H]([C@@H]2COC(C)(C)O2)O[C@@H](O[Si](C)(C)C(C)(C)C)[C@@]1(O)COCOC. The van der Waals surface area contributed by atoms with Crippen LogP contribution in [-0.2, 0) is 42.4 Å². The fourth-order valence-electron chi connectivity index (χ4n) is 3.58. The van der Waals surface area contributed by atoms with E-state index in [2.05, 4.69) is 0 Å². The van der Waals surface area contributed by atoms with E-state index in [0.29, 0.717) is 0 Å². The number of carbonyl (C=O) groups excluding carboxylic acids is 1. The van der Waals surface area contributed by atoms with Crippen LogP contribution < -0.4 is 0 Å². The van der Waals surface area contributed by atoms with Crippen molar-refractivity contribution in [2.24, 2.45) is 0 Å². The van der Waals surface area contributed by atoms with E-state index in [1.54, 1.807) is 13.8 Å². The average molecular weight is 511 g/mol. The molecule has 0 unspecified atom stereocenters. The summed E-state index contributed by atoms with van der Waals surface area (Å²) in [7, 11) is 0.240. The summed E-state index contributed by atoms with van der Waals surface area (Å²) in [5.74, 6) is -1.77. The van der Waals surface area contributed by atoms with Crippen molar-refractivity contribution >= 4 is 14.1 Å². The molecule has 2 saturated heterocycles. The summed E-state index contributed by atoms with van der Waals surface area (Å²) in [6.07, 6.45) is -3.54. The highest BCUT2D eigenvalue weighted by Gasteiger charge is 2.68. The number of hydrogen-bond acceptors (Lipinski definition) is 11. The van der Waals surface area contributed by atoms with E-state index in [4.69, 9.17) is 37.6 Å². The van der Waals surface area contributed by atoms with E-state index in [-0.39, 0.29) is 25.2 Å². The first-order valence-corrected chi connectivity index (χ1v) is 14.2. The van der Waals surface area contributed by atoms with E-state index in [0.717, 1.165) is 0 Å². The van der Waals surface area contributed by atoms with Gasteiger partial charge in [-0.25, -0.2) is 0 Å². The smallest absolute Gasteiger partial charge is 0.201 e. The van der Waals surface area contributed by atoms with Crippen molar-refractivity contribution in [2.75, 3.05) is 47.6 Å². The molecule has 2 rings (SSSR count). The van der Waals surface area contributed by atoms with Crippen molar-refractivity contribution in [1.29, 1.82) is 0 Å². The first-order valence-electron chi connectivity index (χ1n) is 11.3. The highest BCUT2D eigenvalue weighted by molar-refractivity contribution is 6.74. The number of methoxy groups -OCH3 is 2. The third kappa shape index (κ3) is 6.06. The van der Waals surface area contributed by atoms with Crippen molar-refractivity contribution in [1.82, 2.24) is 0 Å². The maximum absolute atomic E-state index is 13.7. The van der Waals surface area contributed by atoms with Crippen molar-refractivity contribution in [3.8, 4) is 0 Å². The molecule has 2 heterocycles. The monoisotopic (exact) mass is 510 g/mol. The summed E-state index contributed by atoms with van der Waals surface area (Å²) in [5.41, 5.74) is -4.79. The number of rotatable bonds is 11. The summed E-state index contributed by atoms with van der Waals surface area (Å²) in [6, 6.07) is 0. The van der Waals surface area contributed by atoms with Crippen molar-refractivity contribution in [3.05, 3.63) is 0 Å². The molecule has 0 aromatic heterocycles. The van der Waals surface area contributed by atoms with Gasteiger partial charge in [-0.2, -0.15) is 0 Å². The Morgan fingerprint density at radius 2 is 1.62 bits per heavy atom. The van der Waals surface area contributed by atoms with Crippen LogP contribution in [0.3, 0.4) is 0 Å². The van der Waals surface area contributed by atoms with E-state index < -0.39 is 62.8 Å². The van der Waals surface area contributed by atoms with Crippen LogP contribution in [0.1, 0.15) is 34.6 Å². The van der Waals surface area contributed by atoms with Gasteiger partial charge in [0.15, 0.2) is 37.7 Å². The summed E-state index contributed by atoms with van der Waals surface area (Å²) in [6.45, 7) is 12.0. The first kappa shape index (κ1) is 29.7. The van der Waals surface area contributed by atoms with Crippen LogP contribution in [-0.4, -0.2) is 107 Å². The number of aliphatic hydroxyl groups is 2. The molecule has 2 aliphatic rings. The Hall–Kier alpha value is -0.513. The summed E-state index contributed by atoms with van der Waals surface area (Å²) in [5, 5.41) is 23.4. The summed E-state index contributed by atoms with van der Waals surface area (Å²) >= 11 is 0. The lowest BCUT2D eigenvalue weighted by Crippen LogP contribution is -2.78. The Morgan fingerprint density at radius 3 is 2.09 bits per heavy atom. The molecule has 12 heteroatoms. The average Bonchev–Trinajstić information content (AvgIpc) is 3.08. The Morgan fingerprint density at radius 1 is 1.06 bits per heavy atom. The molecule has 0 spiro atoms. The van der Waals surface area contributed by atoms with Crippen LogP contribution >= 0.6 is 0 Å². The predicted octanol–water partition coefficient (Wildman–Crippen LogP) is 1.16. The lowest BCUT2D eigenvalue weighted by atomic mass is 9.74. The van der Waals surface area contributed by atoms with E-state index in [1.807, 2.05) is 33.9 Å². The second-order valence-corrected chi connectivity index (χ2v) is 15.5. The highest BCUT2D eigenvalue weighted by Crippen LogP contribution is 2.44. The topological polar surface area (TPSA) is 131 Å². The Balaban J connectivity index is 2.52. The molecule has 0 aliphatic carbocycles. The highest BCUT2D eigenvalue weighted by atomic mass is 28.4. The fraction of sp³-hybridized carbons (Fsp3) is 0.955. The van der Waals surface area contributed by atoms with Crippen molar-refractivity contribution in [2.45, 2.75) is 88.2 Å². The molecule has 0 saturated carbocycles. The van der Waals surface area contributed by atoms with Gasteiger partial charge < -0.3 is 47.8 Å². The fourth-order valence-corrected chi connectivity index (χ4v) is 4.72. The van der Waals surface area contributed by atoms with Crippen LogP contribution in [0, 0.1) is 0 Å². The van der Waals surface area contributed by atoms with E-state index in [9.17, 15) is 15.0 Å². The maximum Gasteiger partial charge on any atom is 0.201 e. The van der Waals surface area contributed by atoms with Gasteiger partial charge in [0, 0.05) is 14.2 Å². The molecule has 34 heavy (non-hydrogen) atoms. The van der Waals surface area contributed by atoms with Gasteiger partial charge in [-0.05, 0) is 32.0 Å². The zero-order chi connectivity index (χ0) is 26.0. The number of ketones is 1. The molecule has 0 radical (unpaired) electrons. The molecule has 200 valence electrons. The summed E-state index contributed by atoms with van der Waals surface area (Å²) < 4.78 is 44.7. The Bertz CT molecular complexity index is 695. The third-order valence-electron chi connectivity index (χ3n) is 6.65. The number of hydrogen-bond donors (Lipinski definition) is 2. The molecule has 5 atom stereocenters. The van der Waals surface area contributed by atoms with Crippen LogP contribution in [0.4, 0.5) is 0 Å². The molecule has 2 fully saturated rings. The molecular weight excluding hydrogens is 468 g/mol. The third-order valence-corrected chi connectivity index (χ3v) is 11.1. The van der Waals surface area contributed by atoms with Gasteiger partial charge in [0.25, 0.3) is 0 Å². The first-order chi connectivity index (χ1) is 15.5. The van der Waals surface area contributed by atoms with Gasteiger partial charge in [0.2, 0.25) is 5.78 Å². The summed E-state index contributed by atoms with van der Waals surface area (Å²) in [4.78, 5) is 13.7. The predicted molar refractivity (Wildman–Crippen MR) is 122 cm³/mol. The number of Topliss-reactive ketones (excluding diaryl/α,β-unsaturated/α-hetero) is 1. The Kier molecular flexibility index (Phi) is 9.48. The van der Waals surface area contributed by atoms with Crippen molar-refractivity contribution < 1.29 is 52.6 Å².